The van der Waals surface area contributed by atoms with Crippen molar-refractivity contribution in [1.82, 2.24) is 25.5 Å². The van der Waals surface area contributed by atoms with Gasteiger partial charge in [0, 0.05) is 64.9 Å². The van der Waals surface area contributed by atoms with Crippen molar-refractivity contribution in [3.8, 4) is 0 Å². The number of ether oxygens (including phenoxy) is 2. The van der Waals surface area contributed by atoms with Gasteiger partial charge in [0.05, 0.1) is 29.2 Å². The van der Waals surface area contributed by atoms with E-state index in [1.807, 2.05) is 0 Å². The van der Waals surface area contributed by atoms with Crippen LogP contribution in [-0.2, 0) is 31.9 Å². The van der Waals surface area contributed by atoms with Gasteiger partial charge in [0.15, 0.2) is 0 Å². The first-order valence-electron chi connectivity index (χ1n) is 21.6. The number of nitrogens with one attached hydrogen (secondary N) is 5. The Labute approximate surface area is 413 Å². The fourth-order valence-electron chi connectivity index (χ4n) is 8.10. The van der Waals surface area contributed by atoms with E-state index in [2.05, 4.69) is 31.6 Å². The van der Waals surface area contributed by atoms with Crippen LogP contribution in [0.1, 0.15) is 93.6 Å². The minimum absolute atomic E-state index is 0. The molecule has 7 N–H and O–H groups in total. The average Bonchev–Trinajstić information content (AvgIpc) is 4.11. The Morgan fingerprint density at radius 3 is 1.67 bits per heavy atom. The van der Waals surface area contributed by atoms with Crippen LogP contribution in [-0.4, -0.2) is 70.7 Å². The van der Waals surface area contributed by atoms with E-state index in [0.29, 0.717) is 85.1 Å². The van der Waals surface area contributed by atoms with Crippen LogP contribution in [0.3, 0.4) is 0 Å². The third kappa shape index (κ3) is 13.1. The van der Waals surface area contributed by atoms with Crippen LogP contribution in [0.25, 0.3) is 0 Å². The lowest BCUT2D eigenvalue weighted by atomic mass is 10.0. The molecule has 0 bridgehead atoms. The highest BCUT2D eigenvalue weighted by molar-refractivity contribution is 6.31. The molecule has 5 aromatic rings. The van der Waals surface area contributed by atoms with E-state index in [4.69, 9.17) is 38.4 Å². The van der Waals surface area contributed by atoms with E-state index in [1.165, 1.54) is 77.9 Å². The van der Waals surface area contributed by atoms with Crippen molar-refractivity contribution < 1.29 is 55.8 Å². The molecule has 16 nitrogen and oxygen atoms in total. The van der Waals surface area contributed by atoms with Crippen molar-refractivity contribution in [2.24, 2.45) is 5.73 Å². The summed E-state index contributed by atoms with van der Waals surface area (Å²) in [5.41, 5.74) is 8.96. The molecule has 2 aliphatic carbocycles. The monoisotopic (exact) mass is 1030 g/mol. The first-order chi connectivity index (χ1) is 33.0. The number of amides is 5. The topological polar surface area (TPSA) is 225 Å². The zero-order valence-electron chi connectivity index (χ0n) is 36.8. The lowest BCUT2D eigenvalue weighted by Gasteiger charge is -2.24. The number of nitrogens with two attached hydrogens (primary N) is 1. The number of benzene rings is 4. The van der Waals surface area contributed by atoms with Gasteiger partial charge in [-0.05, 0) is 110 Å². The van der Waals surface area contributed by atoms with Crippen LogP contribution in [0.2, 0.25) is 10.0 Å². The number of anilines is 2. The molecule has 0 unspecified atom stereocenters. The van der Waals surface area contributed by atoms with E-state index in [9.17, 15) is 46.3 Å². The number of nitrogens with zero attached hydrogens (tertiary/aromatic N) is 2. The summed E-state index contributed by atoms with van der Waals surface area (Å²) in [6.45, 7) is 0.624. The number of aromatic nitrogens is 2. The van der Waals surface area contributed by atoms with Gasteiger partial charge in [-0.1, -0.05) is 23.2 Å². The van der Waals surface area contributed by atoms with Crippen LogP contribution in [0.5, 0.6) is 0 Å². The molecule has 370 valence electrons. The first kappa shape index (κ1) is 52.6. The summed E-state index contributed by atoms with van der Waals surface area (Å²) < 4.78 is 66.7. The normalized spacial score (nSPS) is 18.6. The third-order valence-corrected chi connectivity index (χ3v) is 12.1. The first-order valence-corrected chi connectivity index (χ1v) is 22.4. The number of imidazole rings is 1. The summed E-state index contributed by atoms with van der Waals surface area (Å²) >= 11 is 11.4. The zero-order chi connectivity index (χ0) is 49.4. The Kier molecular flexibility index (Phi) is 17.8. The molecular formula is C47H45Cl3F4N8O8. The second-order valence-electron chi connectivity index (χ2n) is 16.2. The highest BCUT2D eigenvalue weighted by atomic mass is 35.5. The maximum atomic E-state index is 14.6. The van der Waals surface area contributed by atoms with Crippen LogP contribution < -0.4 is 32.3 Å². The molecule has 0 radical (unpaired) electrons. The summed E-state index contributed by atoms with van der Waals surface area (Å²) in [6, 6.07) is 11.9. The molecule has 23 heteroatoms. The maximum absolute atomic E-state index is 14.6. The van der Waals surface area contributed by atoms with Gasteiger partial charge in [-0.3, -0.25) is 19.2 Å². The smallest absolute Gasteiger partial charge is 0.419 e. The molecular weight excluding hydrogens is 987 g/mol. The minimum Gasteiger partial charge on any atom is -0.444 e. The van der Waals surface area contributed by atoms with Gasteiger partial charge in [0.1, 0.15) is 41.8 Å². The van der Waals surface area contributed by atoms with Gasteiger partial charge in [0.2, 0.25) is 11.8 Å². The molecule has 0 spiro atoms. The van der Waals surface area contributed by atoms with E-state index in [0.717, 1.165) is 6.07 Å². The quantitative estimate of drug-likeness (QED) is 0.0856. The van der Waals surface area contributed by atoms with Crippen molar-refractivity contribution in [1.29, 1.82) is 0 Å². The number of alkyl carbamates (subject to hydrolysis) is 1. The largest absolute Gasteiger partial charge is 0.444 e. The predicted molar refractivity (Wildman–Crippen MR) is 251 cm³/mol. The van der Waals surface area contributed by atoms with Gasteiger partial charge in [-0.15, -0.1) is 12.4 Å². The van der Waals surface area contributed by atoms with E-state index in [1.54, 1.807) is 0 Å². The molecule has 4 atom stereocenters. The summed E-state index contributed by atoms with van der Waals surface area (Å²) in [6.07, 6.45) is 6.16. The summed E-state index contributed by atoms with van der Waals surface area (Å²) in [5, 5.41) is 13.0. The molecule has 4 aliphatic rings. The molecule has 3 heterocycles. The summed E-state index contributed by atoms with van der Waals surface area (Å²) in [4.78, 5) is 74.7. The third-order valence-electron chi connectivity index (χ3n) is 11.5. The van der Waals surface area contributed by atoms with Crippen LogP contribution in [0.4, 0.5) is 38.5 Å². The second-order valence-corrected chi connectivity index (χ2v) is 17.0. The Morgan fingerprint density at radius 2 is 1.17 bits per heavy atom. The average molecular weight is 1030 g/mol. The lowest BCUT2D eigenvalue weighted by Crippen LogP contribution is -2.42. The van der Waals surface area contributed by atoms with E-state index >= 15 is 0 Å². The number of rotatable bonds is 7. The molecule has 70 heavy (non-hydrogen) atoms. The van der Waals surface area contributed by atoms with Gasteiger partial charge < -0.3 is 41.8 Å². The van der Waals surface area contributed by atoms with Crippen molar-refractivity contribution in [2.75, 3.05) is 23.7 Å². The number of carbonyl (C=O) groups is 6. The second kappa shape index (κ2) is 23.7. The van der Waals surface area contributed by atoms with Crippen LogP contribution >= 0.6 is 35.6 Å². The lowest BCUT2D eigenvalue weighted by molar-refractivity contribution is -0.124. The number of hydrogen-bond acceptors (Lipinski definition) is 10. The predicted octanol–water partition coefficient (Wildman–Crippen LogP) is 8.25. The van der Waals surface area contributed by atoms with Gasteiger partial charge in [0.25, 0.3) is 11.8 Å². The van der Waals surface area contributed by atoms with Crippen molar-refractivity contribution in [3.05, 3.63) is 146 Å². The molecule has 1 aromatic heterocycles. The molecule has 9 rings (SSSR count). The summed E-state index contributed by atoms with van der Waals surface area (Å²) in [5.74, 6) is -3.07. The minimum atomic E-state index is -0.709. The van der Waals surface area contributed by atoms with E-state index < -0.39 is 53.6 Å². The van der Waals surface area contributed by atoms with Crippen molar-refractivity contribution >= 4 is 82.8 Å². The Morgan fingerprint density at radius 1 is 0.671 bits per heavy atom. The zero-order valence-corrected chi connectivity index (χ0v) is 39.1. The number of fused-ring (bicyclic) bond motifs is 2. The van der Waals surface area contributed by atoms with Crippen LogP contribution in [0, 0.1) is 23.3 Å². The fraction of sp³-hybridized carbons (Fsp3) is 0.298. The van der Waals surface area contributed by atoms with Crippen molar-refractivity contribution in [3.63, 3.8) is 0 Å². The summed E-state index contributed by atoms with van der Waals surface area (Å²) in [7, 11) is 0. The highest BCUT2D eigenvalue weighted by Crippen LogP contribution is 2.37. The number of halogens is 7. The molecule has 5 amide bonds. The Balaban J connectivity index is 0.000000183. The molecule has 0 saturated carbocycles. The van der Waals surface area contributed by atoms with E-state index in [-0.39, 0.29) is 76.3 Å². The standard InChI is InChI=1S/C22H20ClF2N3O4.C16H13ClF2N2O.C9H11N3O3.ClH/c23-15-9-11(1-5-16(15)24)27-21(30)14-3-6-17(25)20-13(14)4-7-18(20)28-22(31)32-12-2-8-19(29)26-10-12;17-11-7-8(1-4-12(11)18)21-16(22)10-2-5-13(19)15-9(10)3-6-14(15)20;13-8-2-1-7(5-11-8)15-9(14)12-4-3-10-6-12;/h1,3,5-6,9,12,18H,2,4,7-8,10H2,(H,26,29)(H,27,30)(H,28,31);1-2,4-5,7,14H,3,6,20H2,(H,21,22);3-4,6-7H,1-2,5H2,(H,11,13);1H/t12-,18-;14-;7-;/m000./s1. The van der Waals surface area contributed by atoms with Gasteiger partial charge in [-0.2, -0.15) is 0 Å². The molecule has 2 fully saturated rings. The fourth-order valence-corrected chi connectivity index (χ4v) is 8.46. The van der Waals surface area contributed by atoms with Crippen molar-refractivity contribution in [2.45, 2.75) is 75.7 Å². The molecule has 2 saturated heterocycles. The van der Waals surface area contributed by atoms with Gasteiger partial charge in [-0.25, -0.2) is 36.7 Å². The highest BCUT2D eigenvalue weighted by Gasteiger charge is 2.33. The molecule has 4 aromatic carbocycles. The maximum Gasteiger partial charge on any atom is 0.419 e. The van der Waals surface area contributed by atoms with Crippen LogP contribution in [0.15, 0.2) is 79.4 Å². The van der Waals surface area contributed by atoms with Gasteiger partial charge >= 0.3 is 12.2 Å². The number of carbonyl (C=O) groups excluding carboxylic acids is 6. The number of piperidine rings is 2. The SMILES string of the molecule is Cl.N[C@H]1CCc2c(C(=O)Nc3ccc(F)c(Cl)c3)ccc(F)c21.O=C1CC[C@H](OC(=O)N[C@H]2CCc3c(C(=O)Nc4ccc(F)c(Cl)c4)ccc(F)c32)CN1.O=C1CC[C@H](OC(=O)n2ccnc2)CN1. The number of hydrogen-bond donors (Lipinski definition) is 6. The Bertz CT molecular complexity index is 2770. The Hall–Kier alpha value is -6.74. The molecule has 2 aliphatic heterocycles.